The number of aliphatic hydroxyl groups excluding tert-OH is 1. The van der Waals surface area contributed by atoms with Crippen LogP contribution in [0, 0.1) is 11.6 Å². The molecule has 0 heterocycles. The van der Waals surface area contributed by atoms with Crippen LogP contribution < -0.4 is 0 Å². The lowest BCUT2D eigenvalue weighted by molar-refractivity contribution is 0.214. The van der Waals surface area contributed by atoms with Gasteiger partial charge in [-0.15, -0.1) is 0 Å². The minimum Gasteiger partial charge on any atom is -0.384 e. The van der Waals surface area contributed by atoms with Crippen LogP contribution in [0.15, 0.2) is 42.5 Å². The van der Waals surface area contributed by atoms with Gasteiger partial charge in [-0.05, 0) is 23.8 Å². The maximum atomic E-state index is 13.4. The van der Waals surface area contributed by atoms with Crippen molar-refractivity contribution in [1.82, 2.24) is 0 Å². The molecule has 0 aliphatic carbocycles. The smallest absolute Gasteiger partial charge is 0.132 e. The van der Waals surface area contributed by atoms with Crippen LogP contribution in [-0.4, -0.2) is 5.11 Å². The maximum Gasteiger partial charge on any atom is 0.132 e. The molecule has 0 aliphatic heterocycles. The molecule has 1 unspecified atom stereocenters. The predicted octanol–water partition coefficient (Wildman–Crippen LogP) is 3.70. The van der Waals surface area contributed by atoms with Crippen molar-refractivity contribution < 1.29 is 13.9 Å². The van der Waals surface area contributed by atoms with Gasteiger partial charge in [0.2, 0.25) is 0 Å². The normalized spacial score (nSPS) is 12.5. The summed E-state index contributed by atoms with van der Waals surface area (Å²) >= 11 is 5.71. The minimum atomic E-state index is -1.13. The summed E-state index contributed by atoms with van der Waals surface area (Å²) in [6.07, 6.45) is -1.13. The highest BCUT2D eigenvalue weighted by molar-refractivity contribution is 6.30. The molecular weight excluding hydrogens is 246 g/mol. The highest BCUT2D eigenvalue weighted by Crippen LogP contribution is 2.25. The Hall–Kier alpha value is -1.45. The minimum absolute atomic E-state index is 0.0359. The number of rotatable bonds is 2. The lowest BCUT2D eigenvalue weighted by Crippen LogP contribution is -2.02. The Balaban J connectivity index is 2.36. The third kappa shape index (κ3) is 2.62. The first kappa shape index (κ1) is 12.0. The van der Waals surface area contributed by atoms with Gasteiger partial charge in [-0.2, -0.15) is 0 Å². The monoisotopic (exact) mass is 254 g/mol. The van der Waals surface area contributed by atoms with Gasteiger partial charge in [0.25, 0.3) is 0 Å². The molecule has 0 saturated carbocycles. The topological polar surface area (TPSA) is 20.2 Å². The van der Waals surface area contributed by atoms with Gasteiger partial charge >= 0.3 is 0 Å². The Morgan fingerprint density at radius 3 is 2.24 bits per heavy atom. The SMILES string of the molecule is OC(c1ccc(Cl)cc1)c1ccc(F)cc1F. The molecule has 0 fully saturated rings. The summed E-state index contributed by atoms with van der Waals surface area (Å²) in [5.41, 5.74) is 0.536. The predicted molar refractivity (Wildman–Crippen MR) is 61.9 cm³/mol. The molecule has 1 atom stereocenters. The Morgan fingerprint density at radius 1 is 1.00 bits per heavy atom. The number of hydrogen-bond donors (Lipinski definition) is 1. The summed E-state index contributed by atoms with van der Waals surface area (Å²) in [6.45, 7) is 0. The van der Waals surface area contributed by atoms with E-state index in [0.717, 1.165) is 12.1 Å². The van der Waals surface area contributed by atoms with Gasteiger partial charge in [0, 0.05) is 16.7 Å². The van der Waals surface area contributed by atoms with Crippen molar-refractivity contribution in [3.63, 3.8) is 0 Å². The van der Waals surface area contributed by atoms with Gasteiger partial charge in [0.15, 0.2) is 0 Å². The highest BCUT2D eigenvalue weighted by atomic mass is 35.5. The van der Waals surface area contributed by atoms with Crippen molar-refractivity contribution in [2.45, 2.75) is 6.10 Å². The first-order valence-electron chi connectivity index (χ1n) is 4.96. The average Bonchev–Trinajstić information content (AvgIpc) is 2.29. The lowest BCUT2D eigenvalue weighted by Gasteiger charge is -2.12. The molecule has 0 spiro atoms. The quantitative estimate of drug-likeness (QED) is 0.866. The Kier molecular flexibility index (Phi) is 3.41. The molecule has 1 N–H and O–H groups in total. The second-order valence-electron chi connectivity index (χ2n) is 3.62. The molecule has 0 bridgehead atoms. The van der Waals surface area contributed by atoms with E-state index in [2.05, 4.69) is 0 Å². The van der Waals surface area contributed by atoms with Crippen molar-refractivity contribution in [2.24, 2.45) is 0 Å². The van der Waals surface area contributed by atoms with Crippen LogP contribution in [0.2, 0.25) is 5.02 Å². The van der Waals surface area contributed by atoms with E-state index in [1.54, 1.807) is 24.3 Å². The third-order valence-corrected chi connectivity index (χ3v) is 2.69. The molecule has 2 aromatic carbocycles. The maximum absolute atomic E-state index is 13.4. The van der Waals surface area contributed by atoms with Gasteiger partial charge in [0.1, 0.15) is 17.7 Å². The standard InChI is InChI=1S/C13H9ClF2O/c14-9-3-1-8(2-4-9)13(17)11-6-5-10(15)7-12(11)16/h1-7,13,17H. The van der Waals surface area contributed by atoms with Crippen molar-refractivity contribution >= 4 is 11.6 Å². The first-order chi connectivity index (χ1) is 8.08. The van der Waals surface area contributed by atoms with Crippen molar-refractivity contribution in [3.05, 3.63) is 70.2 Å². The van der Waals surface area contributed by atoms with E-state index in [1.807, 2.05) is 0 Å². The van der Waals surface area contributed by atoms with Crippen molar-refractivity contribution in [2.75, 3.05) is 0 Å². The average molecular weight is 255 g/mol. The zero-order valence-corrected chi connectivity index (χ0v) is 9.46. The van der Waals surface area contributed by atoms with Crippen LogP contribution in [0.5, 0.6) is 0 Å². The molecule has 4 heteroatoms. The Morgan fingerprint density at radius 2 is 1.65 bits per heavy atom. The molecule has 2 rings (SSSR count). The van der Waals surface area contributed by atoms with Crippen LogP contribution in [0.3, 0.4) is 0 Å². The van der Waals surface area contributed by atoms with Gasteiger partial charge in [-0.1, -0.05) is 29.8 Å². The van der Waals surface area contributed by atoms with E-state index in [1.165, 1.54) is 6.07 Å². The highest BCUT2D eigenvalue weighted by Gasteiger charge is 2.15. The number of hydrogen-bond acceptors (Lipinski definition) is 1. The molecule has 0 amide bonds. The molecule has 17 heavy (non-hydrogen) atoms. The molecule has 1 nitrogen and oxygen atoms in total. The molecule has 0 aromatic heterocycles. The summed E-state index contributed by atoms with van der Waals surface area (Å²) in [7, 11) is 0. The first-order valence-corrected chi connectivity index (χ1v) is 5.34. The largest absolute Gasteiger partial charge is 0.384 e. The molecule has 0 aliphatic rings. The van der Waals surface area contributed by atoms with Crippen molar-refractivity contribution in [1.29, 1.82) is 0 Å². The number of aliphatic hydroxyl groups is 1. The summed E-state index contributed by atoms with van der Waals surface area (Å²) in [4.78, 5) is 0. The van der Waals surface area contributed by atoms with E-state index in [4.69, 9.17) is 11.6 Å². The molecule has 88 valence electrons. The Labute approximate surface area is 102 Å². The van der Waals surface area contributed by atoms with Crippen LogP contribution in [0.25, 0.3) is 0 Å². The van der Waals surface area contributed by atoms with Gasteiger partial charge in [0.05, 0.1) is 0 Å². The van der Waals surface area contributed by atoms with E-state index >= 15 is 0 Å². The molecular formula is C13H9ClF2O. The van der Waals surface area contributed by atoms with Crippen LogP contribution in [0.1, 0.15) is 17.2 Å². The van der Waals surface area contributed by atoms with Gasteiger partial charge < -0.3 is 5.11 Å². The summed E-state index contributed by atoms with van der Waals surface area (Å²) < 4.78 is 26.2. The molecule has 0 saturated heterocycles. The second kappa shape index (κ2) is 4.82. The number of benzene rings is 2. The number of halogens is 3. The van der Waals surface area contributed by atoms with Gasteiger partial charge in [-0.25, -0.2) is 8.78 Å². The lowest BCUT2D eigenvalue weighted by atomic mass is 10.0. The molecule has 0 radical (unpaired) electrons. The van der Waals surface area contributed by atoms with Crippen LogP contribution in [0.4, 0.5) is 8.78 Å². The van der Waals surface area contributed by atoms with Gasteiger partial charge in [-0.3, -0.25) is 0 Å². The summed E-state index contributed by atoms with van der Waals surface area (Å²) in [5.74, 6) is -1.44. The van der Waals surface area contributed by atoms with Crippen molar-refractivity contribution in [3.8, 4) is 0 Å². The van der Waals surface area contributed by atoms with E-state index in [-0.39, 0.29) is 5.56 Å². The van der Waals surface area contributed by atoms with Crippen LogP contribution in [-0.2, 0) is 0 Å². The summed E-state index contributed by atoms with van der Waals surface area (Å²) in [5, 5.41) is 10.5. The van der Waals surface area contributed by atoms with Crippen LogP contribution >= 0.6 is 11.6 Å². The fourth-order valence-electron chi connectivity index (χ4n) is 1.55. The van der Waals surface area contributed by atoms with E-state index in [9.17, 15) is 13.9 Å². The Bertz CT molecular complexity index is 525. The zero-order valence-electron chi connectivity index (χ0n) is 8.70. The van der Waals surface area contributed by atoms with E-state index in [0.29, 0.717) is 10.6 Å². The second-order valence-corrected chi connectivity index (χ2v) is 4.06. The third-order valence-electron chi connectivity index (χ3n) is 2.44. The molecule has 2 aromatic rings. The summed E-state index contributed by atoms with van der Waals surface area (Å²) in [6, 6.07) is 9.46. The fraction of sp³-hybridized carbons (Fsp3) is 0.0769. The van der Waals surface area contributed by atoms with E-state index < -0.39 is 17.7 Å². The fourth-order valence-corrected chi connectivity index (χ4v) is 1.67. The zero-order chi connectivity index (χ0) is 12.4.